The van der Waals surface area contributed by atoms with Crippen molar-refractivity contribution >= 4 is 11.8 Å². The average Bonchev–Trinajstić information content (AvgIpc) is 2.97. The molecule has 0 radical (unpaired) electrons. The molecule has 0 saturated carbocycles. The summed E-state index contributed by atoms with van der Waals surface area (Å²) in [5.41, 5.74) is 2.71. The largest absolute Gasteiger partial charge is 0.480 e. The Bertz CT molecular complexity index is 751. The van der Waals surface area contributed by atoms with E-state index in [0.29, 0.717) is 37.7 Å². The first-order valence-electron chi connectivity index (χ1n) is 9.77. The molecule has 3 fully saturated rings. The topological polar surface area (TPSA) is 72.0 Å². The summed E-state index contributed by atoms with van der Waals surface area (Å²) in [6.07, 6.45) is 4.75. The fourth-order valence-electron chi connectivity index (χ4n) is 4.62. The highest BCUT2D eigenvalue weighted by atomic mass is 16.5. The molecule has 146 valence electrons. The van der Waals surface area contributed by atoms with E-state index in [-0.39, 0.29) is 23.8 Å². The Balaban J connectivity index is 1.59. The van der Waals surface area contributed by atoms with Crippen LogP contribution in [0.15, 0.2) is 6.07 Å². The zero-order chi connectivity index (χ0) is 19.0. The van der Waals surface area contributed by atoms with Gasteiger partial charge in [0.25, 0.3) is 5.91 Å². The van der Waals surface area contributed by atoms with Gasteiger partial charge < -0.3 is 19.3 Å². The number of rotatable bonds is 5. The summed E-state index contributed by atoms with van der Waals surface area (Å²) in [5, 5.41) is 0. The number of nitrogens with zero attached hydrogens (tertiary/aromatic N) is 3. The maximum absolute atomic E-state index is 13.3. The Morgan fingerprint density at radius 3 is 2.89 bits per heavy atom. The van der Waals surface area contributed by atoms with Crippen molar-refractivity contribution in [2.75, 3.05) is 40.5 Å². The molecule has 5 rings (SSSR count). The van der Waals surface area contributed by atoms with Crippen molar-refractivity contribution in [3.8, 4) is 5.88 Å². The van der Waals surface area contributed by atoms with E-state index >= 15 is 0 Å². The molecule has 4 heterocycles. The maximum Gasteiger partial charge on any atom is 0.259 e. The molecule has 0 spiro atoms. The molecule has 3 aliphatic heterocycles. The van der Waals surface area contributed by atoms with Crippen LogP contribution in [0.5, 0.6) is 5.88 Å². The predicted octanol–water partition coefficient (Wildman–Crippen LogP) is 1.29. The first-order chi connectivity index (χ1) is 13.1. The molecule has 1 aromatic heterocycles. The third-order valence-electron chi connectivity index (χ3n) is 6.06. The van der Waals surface area contributed by atoms with Crippen molar-refractivity contribution < 1.29 is 19.1 Å². The number of pyridine rings is 1. The Morgan fingerprint density at radius 1 is 1.26 bits per heavy atom. The number of piperidine rings is 1. The molecular formula is C20H27N3O4. The molecular weight excluding hydrogens is 346 g/mol. The third kappa shape index (κ3) is 3.29. The quantitative estimate of drug-likeness (QED) is 0.778. The predicted molar refractivity (Wildman–Crippen MR) is 98.8 cm³/mol. The summed E-state index contributed by atoms with van der Waals surface area (Å²) in [5.74, 6) is 0.350. The lowest BCUT2D eigenvalue weighted by molar-refractivity contribution is -0.140. The highest BCUT2D eigenvalue weighted by Crippen LogP contribution is 2.32. The lowest BCUT2D eigenvalue weighted by Crippen LogP contribution is -2.49. The second-order valence-corrected chi connectivity index (χ2v) is 7.67. The summed E-state index contributed by atoms with van der Waals surface area (Å²) in [6, 6.07) is 2.01. The lowest BCUT2D eigenvalue weighted by atomic mass is 9.94. The van der Waals surface area contributed by atoms with Crippen LogP contribution in [0, 0.1) is 5.92 Å². The number of hydrogen-bond acceptors (Lipinski definition) is 5. The minimum absolute atomic E-state index is 0.0590. The highest BCUT2D eigenvalue weighted by Gasteiger charge is 2.42. The molecule has 27 heavy (non-hydrogen) atoms. The molecule has 0 N–H and O–H groups in total. The van der Waals surface area contributed by atoms with Crippen LogP contribution >= 0.6 is 0 Å². The number of amides is 2. The summed E-state index contributed by atoms with van der Waals surface area (Å²) in [6.45, 7) is 2.14. The zero-order valence-electron chi connectivity index (χ0n) is 16.1. The van der Waals surface area contributed by atoms with Crippen LogP contribution in [-0.2, 0) is 22.4 Å². The van der Waals surface area contributed by atoms with E-state index in [4.69, 9.17) is 9.47 Å². The van der Waals surface area contributed by atoms with Gasteiger partial charge in [-0.2, -0.15) is 0 Å². The molecule has 7 nitrogen and oxygen atoms in total. The zero-order valence-corrected chi connectivity index (χ0v) is 16.1. The van der Waals surface area contributed by atoms with Crippen molar-refractivity contribution in [1.29, 1.82) is 0 Å². The Labute approximate surface area is 159 Å². The fraction of sp³-hybridized carbons (Fsp3) is 0.650. The molecule has 1 aromatic rings. The minimum atomic E-state index is -0.127. The number of hydrogen-bond donors (Lipinski definition) is 0. The van der Waals surface area contributed by atoms with Gasteiger partial charge in [-0.1, -0.05) is 0 Å². The van der Waals surface area contributed by atoms with Gasteiger partial charge in [-0.15, -0.1) is 0 Å². The van der Waals surface area contributed by atoms with Crippen molar-refractivity contribution in [1.82, 2.24) is 14.8 Å². The normalized spacial score (nSPS) is 24.1. The number of carbonyl (C=O) groups is 2. The molecule has 3 saturated heterocycles. The van der Waals surface area contributed by atoms with E-state index < -0.39 is 0 Å². The molecule has 2 atom stereocenters. The van der Waals surface area contributed by atoms with Crippen molar-refractivity contribution in [3.05, 3.63) is 22.9 Å². The van der Waals surface area contributed by atoms with E-state index in [1.54, 1.807) is 14.2 Å². The molecule has 1 aliphatic carbocycles. The van der Waals surface area contributed by atoms with Crippen molar-refractivity contribution in [2.24, 2.45) is 5.92 Å². The van der Waals surface area contributed by atoms with Crippen molar-refractivity contribution in [3.63, 3.8) is 0 Å². The Hall–Kier alpha value is -2.15. The van der Waals surface area contributed by atoms with Gasteiger partial charge >= 0.3 is 0 Å². The molecule has 7 heteroatoms. The third-order valence-corrected chi connectivity index (χ3v) is 6.06. The summed E-state index contributed by atoms with van der Waals surface area (Å²) in [7, 11) is 3.20. The number of methoxy groups -OCH3 is 2. The van der Waals surface area contributed by atoms with Crippen LogP contribution in [0.1, 0.15) is 40.9 Å². The van der Waals surface area contributed by atoms with Gasteiger partial charge in [0.05, 0.1) is 19.6 Å². The van der Waals surface area contributed by atoms with E-state index in [1.165, 1.54) is 0 Å². The fourth-order valence-corrected chi connectivity index (χ4v) is 4.62. The maximum atomic E-state index is 13.3. The van der Waals surface area contributed by atoms with Gasteiger partial charge in [-0.05, 0) is 43.7 Å². The molecule has 0 aromatic carbocycles. The summed E-state index contributed by atoms with van der Waals surface area (Å²) in [4.78, 5) is 34.4. The number of carbonyl (C=O) groups excluding carboxylic acids is 2. The highest BCUT2D eigenvalue weighted by molar-refractivity contribution is 5.97. The number of ether oxygens (including phenoxy) is 2. The van der Waals surface area contributed by atoms with E-state index in [2.05, 4.69) is 4.98 Å². The van der Waals surface area contributed by atoms with E-state index in [1.807, 2.05) is 15.9 Å². The van der Waals surface area contributed by atoms with Crippen LogP contribution in [0.4, 0.5) is 0 Å². The van der Waals surface area contributed by atoms with Gasteiger partial charge in [0.15, 0.2) is 0 Å². The van der Waals surface area contributed by atoms with E-state index in [0.717, 1.165) is 43.4 Å². The smallest absolute Gasteiger partial charge is 0.259 e. The van der Waals surface area contributed by atoms with Gasteiger partial charge in [0.2, 0.25) is 11.8 Å². The van der Waals surface area contributed by atoms with Crippen LogP contribution in [0.2, 0.25) is 0 Å². The second-order valence-electron chi connectivity index (χ2n) is 7.67. The molecule has 2 amide bonds. The summed E-state index contributed by atoms with van der Waals surface area (Å²) < 4.78 is 10.6. The van der Waals surface area contributed by atoms with Crippen LogP contribution in [-0.4, -0.2) is 73.1 Å². The van der Waals surface area contributed by atoms with Crippen LogP contribution < -0.4 is 4.74 Å². The average molecular weight is 373 g/mol. The lowest BCUT2D eigenvalue weighted by Gasteiger charge is -2.35. The van der Waals surface area contributed by atoms with Gasteiger partial charge in [-0.25, -0.2) is 4.98 Å². The number of aromatic nitrogens is 1. The molecule has 4 aliphatic rings. The standard InChI is InChI=1S/C20H27N3O4/c1-26-9-8-23-15-7-6-14(19(23)24)11-22(12-15)20(25)16-10-13-4-3-5-17(13)21-18(16)27-2/h10,14-15H,3-9,11-12H2,1-2H3. The first-order valence-corrected chi connectivity index (χ1v) is 9.77. The number of aryl methyl sites for hydroxylation is 2. The number of fused-ring (bicyclic) bond motifs is 5. The van der Waals surface area contributed by atoms with Crippen LogP contribution in [0.3, 0.4) is 0 Å². The van der Waals surface area contributed by atoms with Crippen molar-refractivity contribution in [2.45, 2.75) is 38.1 Å². The van der Waals surface area contributed by atoms with E-state index in [9.17, 15) is 9.59 Å². The molecule has 2 bridgehead atoms. The monoisotopic (exact) mass is 373 g/mol. The van der Waals surface area contributed by atoms with Gasteiger partial charge in [-0.3, -0.25) is 9.59 Å². The summed E-state index contributed by atoms with van der Waals surface area (Å²) >= 11 is 0. The Morgan fingerprint density at radius 2 is 2.11 bits per heavy atom. The van der Waals surface area contributed by atoms with Gasteiger partial charge in [0.1, 0.15) is 5.56 Å². The second kappa shape index (κ2) is 7.46. The minimum Gasteiger partial charge on any atom is -0.480 e. The Kier molecular flexibility index (Phi) is 5.04. The van der Waals surface area contributed by atoms with Crippen LogP contribution in [0.25, 0.3) is 0 Å². The molecule has 2 unspecified atom stereocenters. The SMILES string of the molecule is COCCN1C(=O)C2CCC1CN(C(=O)c1cc3c(nc1OC)CCC3)C2. The van der Waals surface area contributed by atoms with Gasteiger partial charge in [0, 0.05) is 38.5 Å². The first kappa shape index (κ1) is 18.2.